The Morgan fingerprint density at radius 1 is 1.71 bits per heavy atom. The highest BCUT2D eigenvalue weighted by atomic mass is 16.5. The van der Waals surface area contributed by atoms with Gasteiger partial charge in [-0.3, -0.25) is 10.2 Å². The molecule has 0 aliphatic carbocycles. The average Bonchev–Trinajstić information content (AvgIpc) is 2.27. The molecular formula is C9H9N3O2. The standard InChI is InChI=1S/C9H9N3O2/c1-3-6-4-7(9(13)12-10)11-8(5-6)14-2/h1,4-5H,10H2,2H3,(H,12,13). The largest absolute Gasteiger partial charge is 0.481 e. The van der Waals surface area contributed by atoms with E-state index in [1.54, 1.807) is 6.07 Å². The van der Waals surface area contributed by atoms with E-state index in [2.05, 4.69) is 10.9 Å². The molecule has 5 heteroatoms. The minimum absolute atomic E-state index is 0.125. The van der Waals surface area contributed by atoms with Crippen LogP contribution in [0.1, 0.15) is 16.1 Å². The lowest BCUT2D eigenvalue weighted by atomic mass is 10.2. The van der Waals surface area contributed by atoms with E-state index in [4.69, 9.17) is 17.0 Å². The highest BCUT2D eigenvalue weighted by molar-refractivity contribution is 5.92. The summed E-state index contributed by atoms with van der Waals surface area (Å²) in [5.74, 6) is 7.10. The highest BCUT2D eigenvalue weighted by Gasteiger charge is 2.08. The van der Waals surface area contributed by atoms with Crippen LogP contribution in [0.25, 0.3) is 0 Å². The van der Waals surface area contributed by atoms with Gasteiger partial charge in [0.25, 0.3) is 5.91 Å². The summed E-state index contributed by atoms with van der Waals surface area (Å²) < 4.78 is 4.86. The van der Waals surface area contributed by atoms with Crippen molar-refractivity contribution in [1.82, 2.24) is 10.4 Å². The van der Waals surface area contributed by atoms with Crippen LogP contribution >= 0.6 is 0 Å². The second kappa shape index (κ2) is 4.25. The van der Waals surface area contributed by atoms with E-state index >= 15 is 0 Å². The molecule has 0 bridgehead atoms. The molecule has 0 saturated heterocycles. The van der Waals surface area contributed by atoms with Gasteiger partial charge in [-0.1, -0.05) is 5.92 Å². The SMILES string of the molecule is C#Cc1cc(OC)nc(C(=O)NN)c1. The van der Waals surface area contributed by atoms with Gasteiger partial charge in [0, 0.05) is 11.6 Å². The number of hydrazine groups is 1. The molecule has 0 aliphatic heterocycles. The highest BCUT2D eigenvalue weighted by Crippen LogP contribution is 2.11. The Hall–Kier alpha value is -2.06. The van der Waals surface area contributed by atoms with Crippen LogP contribution in [0, 0.1) is 12.3 Å². The number of ether oxygens (including phenoxy) is 1. The number of nitrogens with zero attached hydrogens (tertiary/aromatic N) is 1. The lowest BCUT2D eigenvalue weighted by Crippen LogP contribution is -2.30. The number of nitrogens with one attached hydrogen (secondary N) is 1. The Balaban J connectivity index is 3.19. The summed E-state index contributed by atoms with van der Waals surface area (Å²) in [6, 6.07) is 3.00. The van der Waals surface area contributed by atoms with Crippen LogP contribution in [-0.2, 0) is 0 Å². The maximum absolute atomic E-state index is 11.1. The molecule has 72 valence electrons. The molecule has 1 rings (SSSR count). The predicted molar refractivity (Wildman–Crippen MR) is 50.4 cm³/mol. The van der Waals surface area contributed by atoms with Crippen LogP contribution in [0.15, 0.2) is 12.1 Å². The van der Waals surface area contributed by atoms with Crippen molar-refractivity contribution in [2.45, 2.75) is 0 Å². The van der Waals surface area contributed by atoms with E-state index < -0.39 is 5.91 Å². The number of terminal acetylenes is 1. The van der Waals surface area contributed by atoms with Crippen LogP contribution in [0.3, 0.4) is 0 Å². The number of carbonyl (C=O) groups is 1. The molecule has 14 heavy (non-hydrogen) atoms. The number of amides is 1. The number of pyridine rings is 1. The maximum atomic E-state index is 11.1. The number of aromatic nitrogens is 1. The van der Waals surface area contributed by atoms with Crippen molar-refractivity contribution in [2.24, 2.45) is 5.84 Å². The molecule has 0 aromatic carbocycles. The molecule has 5 nitrogen and oxygen atoms in total. The number of hydrogen-bond donors (Lipinski definition) is 2. The second-order valence-corrected chi connectivity index (χ2v) is 2.40. The van der Waals surface area contributed by atoms with Gasteiger partial charge < -0.3 is 4.74 Å². The zero-order valence-electron chi connectivity index (χ0n) is 7.57. The summed E-state index contributed by atoms with van der Waals surface area (Å²) in [5.41, 5.74) is 2.59. The van der Waals surface area contributed by atoms with Crippen molar-refractivity contribution in [3.05, 3.63) is 23.4 Å². The molecule has 0 saturated carbocycles. The van der Waals surface area contributed by atoms with E-state index in [0.29, 0.717) is 5.56 Å². The van der Waals surface area contributed by atoms with Crippen LogP contribution in [0.2, 0.25) is 0 Å². The van der Waals surface area contributed by atoms with Gasteiger partial charge in [0.05, 0.1) is 7.11 Å². The van der Waals surface area contributed by atoms with Crippen molar-refractivity contribution in [2.75, 3.05) is 7.11 Å². The van der Waals surface area contributed by atoms with Gasteiger partial charge in [-0.05, 0) is 6.07 Å². The van der Waals surface area contributed by atoms with E-state index in [1.165, 1.54) is 13.2 Å². The molecule has 1 aromatic heterocycles. The van der Waals surface area contributed by atoms with Gasteiger partial charge in [0.15, 0.2) is 0 Å². The molecular weight excluding hydrogens is 182 g/mol. The van der Waals surface area contributed by atoms with Crippen LogP contribution < -0.4 is 16.0 Å². The summed E-state index contributed by atoms with van der Waals surface area (Å²) in [7, 11) is 1.44. The monoisotopic (exact) mass is 191 g/mol. The van der Waals surface area contributed by atoms with Crippen molar-refractivity contribution in [1.29, 1.82) is 0 Å². The molecule has 0 fully saturated rings. The van der Waals surface area contributed by atoms with Gasteiger partial charge in [-0.15, -0.1) is 6.42 Å². The number of rotatable bonds is 2. The molecule has 1 heterocycles. The third-order valence-electron chi connectivity index (χ3n) is 1.54. The summed E-state index contributed by atoms with van der Waals surface area (Å²) in [6.07, 6.45) is 5.19. The first-order valence-electron chi connectivity index (χ1n) is 3.75. The second-order valence-electron chi connectivity index (χ2n) is 2.40. The smallest absolute Gasteiger partial charge is 0.283 e. The molecule has 0 aliphatic rings. The molecule has 1 aromatic rings. The van der Waals surface area contributed by atoms with E-state index in [0.717, 1.165) is 0 Å². The molecule has 0 radical (unpaired) electrons. The van der Waals surface area contributed by atoms with E-state index in [-0.39, 0.29) is 11.6 Å². The predicted octanol–water partition coefficient (Wildman–Crippen LogP) is -0.325. The normalized spacial score (nSPS) is 8.93. The molecule has 0 spiro atoms. The fourth-order valence-electron chi connectivity index (χ4n) is 0.883. The van der Waals surface area contributed by atoms with E-state index in [9.17, 15) is 4.79 Å². The van der Waals surface area contributed by atoms with E-state index in [1.807, 2.05) is 5.43 Å². The van der Waals surface area contributed by atoms with Crippen molar-refractivity contribution in [3.63, 3.8) is 0 Å². The lowest BCUT2D eigenvalue weighted by molar-refractivity contribution is 0.0948. The first kappa shape index (κ1) is 10.0. The van der Waals surface area contributed by atoms with Gasteiger partial charge in [0.2, 0.25) is 5.88 Å². The van der Waals surface area contributed by atoms with Gasteiger partial charge >= 0.3 is 0 Å². The fourth-order valence-corrected chi connectivity index (χ4v) is 0.883. The van der Waals surface area contributed by atoms with Gasteiger partial charge in [-0.2, -0.15) is 0 Å². The summed E-state index contributed by atoms with van der Waals surface area (Å²) in [6.45, 7) is 0. The summed E-state index contributed by atoms with van der Waals surface area (Å²) >= 11 is 0. The minimum Gasteiger partial charge on any atom is -0.481 e. The molecule has 3 N–H and O–H groups in total. The molecule has 0 unspecified atom stereocenters. The Morgan fingerprint density at radius 2 is 2.43 bits per heavy atom. The van der Waals surface area contributed by atoms with Crippen LogP contribution in [0.4, 0.5) is 0 Å². The molecule has 1 amide bonds. The Bertz CT molecular complexity index is 396. The van der Waals surface area contributed by atoms with Gasteiger partial charge in [-0.25, -0.2) is 10.8 Å². The minimum atomic E-state index is -0.514. The quantitative estimate of drug-likeness (QED) is 0.290. The van der Waals surface area contributed by atoms with Crippen molar-refractivity contribution >= 4 is 5.91 Å². The zero-order chi connectivity index (χ0) is 10.6. The Morgan fingerprint density at radius 3 is 2.93 bits per heavy atom. The van der Waals surface area contributed by atoms with Crippen LogP contribution in [-0.4, -0.2) is 18.0 Å². The number of hydrogen-bond acceptors (Lipinski definition) is 4. The Labute approximate surface area is 81.2 Å². The van der Waals surface area contributed by atoms with Gasteiger partial charge in [0.1, 0.15) is 5.69 Å². The van der Waals surface area contributed by atoms with Crippen molar-refractivity contribution in [3.8, 4) is 18.2 Å². The average molecular weight is 191 g/mol. The first-order valence-corrected chi connectivity index (χ1v) is 3.75. The third kappa shape index (κ3) is 2.00. The topological polar surface area (TPSA) is 77.2 Å². The number of nitrogen functional groups attached to an aromatic ring is 1. The number of nitrogens with two attached hydrogens (primary N) is 1. The van der Waals surface area contributed by atoms with Crippen molar-refractivity contribution < 1.29 is 9.53 Å². The fraction of sp³-hybridized carbons (Fsp3) is 0.111. The summed E-state index contributed by atoms with van der Waals surface area (Å²) in [5, 5.41) is 0. The maximum Gasteiger partial charge on any atom is 0.283 e. The Kier molecular flexibility index (Phi) is 3.05. The molecule has 0 atom stereocenters. The number of methoxy groups -OCH3 is 1. The number of carbonyl (C=O) groups excluding carboxylic acids is 1. The van der Waals surface area contributed by atoms with Crippen LogP contribution in [0.5, 0.6) is 5.88 Å². The third-order valence-corrected chi connectivity index (χ3v) is 1.54. The first-order chi connectivity index (χ1) is 6.71. The summed E-state index contributed by atoms with van der Waals surface area (Å²) in [4.78, 5) is 15.0. The zero-order valence-corrected chi connectivity index (χ0v) is 7.57. The lowest BCUT2D eigenvalue weighted by Gasteiger charge is -2.03.